The van der Waals surface area contributed by atoms with Gasteiger partial charge in [-0.15, -0.1) is 0 Å². The summed E-state index contributed by atoms with van der Waals surface area (Å²) in [5, 5.41) is 38.4. The second-order valence-electron chi connectivity index (χ2n) is 8.18. The summed E-state index contributed by atoms with van der Waals surface area (Å²) in [4.78, 5) is 11.9. The maximum Gasteiger partial charge on any atom is 0.308 e. The van der Waals surface area contributed by atoms with Gasteiger partial charge in [0.1, 0.15) is 24.4 Å². The number of aliphatic hydroxyl groups is 4. The van der Waals surface area contributed by atoms with Crippen molar-refractivity contribution in [2.24, 2.45) is 0 Å². The smallest absolute Gasteiger partial charge is 0.308 e. The van der Waals surface area contributed by atoms with Crippen LogP contribution in [0.2, 0.25) is 0 Å². The zero-order valence-corrected chi connectivity index (χ0v) is 18.0. The lowest BCUT2D eigenvalue weighted by molar-refractivity contribution is -0.292. The molecule has 1 fully saturated rings. The molecule has 1 aliphatic heterocycles. The van der Waals surface area contributed by atoms with Gasteiger partial charge in [0.2, 0.25) is 6.29 Å². The number of carbonyl (C=O) groups excluding carboxylic acids is 1. The first-order chi connectivity index (χ1) is 14.0. The van der Waals surface area contributed by atoms with Crippen LogP contribution >= 0.6 is 0 Å². The SMILES string of the molecule is CCCCCCCCCCCCCCCC(=O)OC1O[C@H](CO)[C@@H](O)[C@H](O)[C@@H]1O. The van der Waals surface area contributed by atoms with E-state index in [4.69, 9.17) is 14.6 Å². The monoisotopic (exact) mass is 418 g/mol. The molecule has 7 nitrogen and oxygen atoms in total. The standard InChI is InChI=1S/C22H42O7/c1-2-3-4-5-6-7-8-9-10-11-12-13-14-15-18(24)29-22-21(27)20(26)19(25)17(16-23)28-22/h17,19-23,25-27H,2-16H2,1H3/t17-,19-,20+,21+,22?/m1/s1. The number of unbranched alkanes of at least 4 members (excludes halogenated alkanes) is 12. The Labute approximate surface area is 175 Å². The first kappa shape index (κ1) is 26.3. The molecule has 0 aromatic carbocycles. The molecule has 172 valence electrons. The van der Waals surface area contributed by atoms with E-state index in [0.29, 0.717) is 6.42 Å². The van der Waals surface area contributed by atoms with Crippen molar-refractivity contribution in [3.63, 3.8) is 0 Å². The molecular weight excluding hydrogens is 376 g/mol. The van der Waals surface area contributed by atoms with E-state index in [2.05, 4.69) is 6.92 Å². The number of ether oxygens (including phenoxy) is 2. The molecule has 0 amide bonds. The second kappa shape index (κ2) is 16.0. The van der Waals surface area contributed by atoms with Crippen LogP contribution in [0.25, 0.3) is 0 Å². The van der Waals surface area contributed by atoms with Crippen molar-refractivity contribution in [1.29, 1.82) is 0 Å². The van der Waals surface area contributed by atoms with Gasteiger partial charge in [0.05, 0.1) is 6.61 Å². The highest BCUT2D eigenvalue weighted by Gasteiger charge is 2.45. The van der Waals surface area contributed by atoms with Crippen molar-refractivity contribution in [2.45, 2.75) is 128 Å². The van der Waals surface area contributed by atoms with E-state index in [1.165, 1.54) is 64.2 Å². The summed E-state index contributed by atoms with van der Waals surface area (Å²) in [5.41, 5.74) is 0. The largest absolute Gasteiger partial charge is 0.433 e. The van der Waals surface area contributed by atoms with Gasteiger partial charge in [-0.2, -0.15) is 0 Å². The minimum absolute atomic E-state index is 0.215. The van der Waals surface area contributed by atoms with Crippen molar-refractivity contribution >= 4 is 5.97 Å². The first-order valence-corrected chi connectivity index (χ1v) is 11.5. The van der Waals surface area contributed by atoms with Crippen LogP contribution in [-0.2, 0) is 14.3 Å². The number of hydrogen-bond acceptors (Lipinski definition) is 7. The van der Waals surface area contributed by atoms with E-state index in [9.17, 15) is 20.1 Å². The second-order valence-corrected chi connectivity index (χ2v) is 8.18. The Balaban J connectivity index is 2.00. The van der Waals surface area contributed by atoms with Crippen LogP contribution in [0, 0.1) is 0 Å². The molecule has 1 unspecified atom stereocenters. The summed E-state index contributed by atoms with van der Waals surface area (Å²) < 4.78 is 10.2. The molecule has 0 radical (unpaired) electrons. The normalized spacial score (nSPS) is 27.1. The maximum atomic E-state index is 11.9. The maximum absolute atomic E-state index is 11.9. The minimum atomic E-state index is -1.54. The van der Waals surface area contributed by atoms with E-state index in [1.54, 1.807) is 0 Å². The average Bonchev–Trinajstić information content (AvgIpc) is 2.71. The Morgan fingerprint density at radius 1 is 0.759 bits per heavy atom. The van der Waals surface area contributed by atoms with E-state index in [0.717, 1.165) is 12.8 Å². The lowest BCUT2D eigenvalue weighted by atomic mass is 9.99. The molecule has 0 saturated carbocycles. The molecule has 4 N–H and O–H groups in total. The van der Waals surface area contributed by atoms with E-state index in [-0.39, 0.29) is 6.42 Å². The number of hydrogen-bond donors (Lipinski definition) is 4. The quantitative estimate of drug-likeness (QED) is 0.225. The van der Waals surface area contributed by atoms with Gasteiger partial charge in [-0.25, -0.2) is 0 Å². The van der Waals surface area contributed by atoms with Gasteiger partial charge in [0.15, 0.2) is 0 Å². The summed E-state index contributed by atoms with van der Waals surface area (Å²) in [6.07, 6.45) is 9.10. The van der Waals surface area contributed by atoms with Gasteiger partial charge >= 0.3 is 5.97 Å². The van der Waals surface area contributed by atoms with Crippen molar-refractivity contribution in [2.75, 3.05) is 6.61 Å². The van der Waals surface area contributed by atoms with E-state index < -0.39 is 43.3 Å². The zero-order chi connectivity index (χ0) is 21.5. The third-order valence-electron chi connectivity index (χ3n) is 5.58. The van der Waals surface area contributed by atoms with Crippen LogP contribution in [0.15, 0.2) is 0 Å². The zero-order valence-electron chi connectivity index (χ0n) is 18.0. The molecule has 1 heterocycles. The Morgan fingerprint density at radius 2 is 1.24 bits per heavy atom. The van der Waals surface area contributed by atoms with Crippen LogP contribution in [0.5, 0.6) is 0 Å². The fourth-order valence-electron chi connectivity index (χ4n) is 3.64. The van der Waals surface area contributed by atoms with Crippen LogP contribution in [0.4, 0.5) is 0 Å². The predicted octanol–water partition coefficient (Wildman–Crippen LogP) is 2.81. The Hall–Kier alpha value is -0.730. The number of carbonyl (C=O) groups is 1. The third-order valence-corrected chi connectivity index (χ3v) is 5.58. The fourth-order valence-corrected chi connectivity index (χ4v) is 3.64. The number of rotatable bonds is 16. The minimum Gasteiger partial charge on any atom is -0.433 e. The predicted molar refractivity (Wildman–Crippen MR) is 110 cm³/mol. The molecule has 1 saturated heterocycles. The molecule has 7 heteroatoms. The Kier molecular flexibility index (Phi) is 14.5. The number of esters is 1. The Morgan fingerprint density at radius 3 is 1.72 bits per heavy atom. The summed E-state index contributed by atoms with van der Waals surface area (Å²) >= 11 is 0. The molecule has 29 heavy (non-hydrogen) atoms. The summed E-state index contributed by atoms with van der Waals surface area (Å²) in [6.45, 7) is 1.70. The Bertz CT molecular complexity index is 416. The van der Waals surface area contributed by atoms with Gasteiger partial charge in [0, 0.05) is 6.42 Å². The van der Waals surface area contributed by atoms with Crippen LogP contribution < -0.4 is 0 Å². The molecule has 1 rings (SSSR count). The average molecular weight is 419 g/mol. The van der Waals surface area contributed by atoms with Gasteiger partial charge in [-0.1, -0.05) is 84.0 Å². The lowest BCUT2D eigenvalue weighted by Crippen LogP contribution is -2.59. The van der Waals surface area contributed by atoms with Crippen molar-refractivity contribution in [1.82, 2.24) is 0 Å². The van der Waals surface area contributed by atoms with Crippen LogP contribution in [0.1, 0.15) is 96.8 Å². The van der Waals surface area contributed by atoms with Crippen LogP contribution in [-0.4, -0.2) is 63.7 Å². The van der Waals surface area contributed by atoms with Gasteiger partial charge in [-0.05, 0) is 6.42 Å². The van der Waals surface area contributed by atoms with E-state index >= 15 is 0 Å². The third kappa shape index (κ3) is 10.7. The summed E-state index contributed by atoms with van der Waals surface area (Å²) in [6, 6.07) is 0. The molecule has 5 atom stereocenters. The molecule has 1 aliphatic rings. The molecule has 0 aromatic rings. The van der Waals surface area contributed by atoms with Crippen molar-refractivity contribution in [3.8, 4) is 0 Å². The molecule has 0 aromatic heterocycles. The number of aliphatic hydroxyl groups excluding tert-OH is 4. The highest BCUT2D eigenvalue weighted by molar-refractivity contribution is 5.69. The molecule has 0 aliphatic carbocycles. The molecular formula is C22H42O7. The summed E-state index contributed by atoms with van der Waals surface area (Å²) in [7, 11) is 0. The lowest BCUT2D eigenvalue weighted by Gasteiger charge is -2.39. The van der Waals surface area contributed by atoms with Gasteiger partial charge in [0.25, 0.3) is 0 Å². The van der Waals surface area contributed by atoms with Crippen molar-refractivity contribution < 1.29 is 34.7 Å². The van der Waals surface area contributed by atoms with Crippen LogP contribution in [0.3, 0.4) is 0 Å². The highest BCUT2D eigenvalue weighted by atomic mass is 16.7. The van der Waals surface area contributed by atoms with Crippen molar-refractivity contribution in [3.05, 3.63) is 0 Å². The first-order valence-electron chi connectivity index (χ1n) is 11.5. The van der Waals surface area contributed by atoms with E-state index in [1.807, 2.05) is 0 Å². The topological polar surface area (TPSA) is 116 Å². The highest BCUT2D eigenvalue weighted by Crippen LogP contribution is 2.22. The van der Waals surface area contributed by atoms with Gasteiger partial charge in [-0.3, -0.25) is 4.79 Å². The summed E-state index contributed by atoms with van der Waals surface area (Å²) in [5.74, 6) is -0.516. The fraction of sp³-hybridized carbons (Fsp3) is 0.955. The molecule has 0 spiro atoms. The molecule has 0 bridgehead atoms. The van der Waals surface area contributed by atoms with Gasteiger partial charge < -0.3 is 29.9 Å².